The van der Waals surface area contributed by atoms with Gasteiger partial charge in [0.05, 0.1) is 33.5 Å². The Morgan fingerprint density at radius 3 is 1.02 bits per heavy atom. The molecule has 5 heterocycles. The first-order valence-electron chi connectivity index (χ1n) is 18.7. The maximum Gasteiger partial charge on any atom is 0.200 e. The first-order chi connectivity index (χ1) is 28.1. The normalized spacial score (nSPS) is 13.5. The molecule has 4 aliphatic rings. The highest BCUT2D eigenvalue weighted by atomic mass is 16.5. The van der Waals surface area contributed by atoms with Crippen LogP contribution in [-0.2, 0) is 0 Å². The van der Waals surface area contributed by atoms with E-state index in [4.69, 9.17) is 23.4 Å². The van der Waals surface area contributed by atoms with Crippen molar-refractivity contribution in [2.75, 3.05) is 9.80 Å². The summed E-state index contributed by atoms with van der Waals surface area (Å²) in [6.07, 6.45) is 0. The molecule has 8 nitrogen and oxygen atoms in total. The van der Waals surface area contributed by atoms with E-state index in [1.54, 1.807) is 0 Å². The van der Waals surface area contributed by atoms with Crippen LogP contribution < -0.4 is 34.2 Å². The number of ether oxygens (including phenoxy) is 4. The number of nitrogens with zero attached hydrogens (tertiary/aromatic N) is 2. The SMILES string of the molecule is O=c1c2cc(-c3cc4c5c(c3)Oc3ccccc3N5c3ccccc3O4)ccc2oc2ccc(-c3cc4c5c(c3)Oc3ccccc3N5c3ccccc3O4)cc12. The maximum atomic E-state index is 14.4. The molecule has 0 aliphatic carbocycles. The van der Waals surface area contributed by atoms with Crippen LogP contribution in [0.4, 0.5) is 34.1 Å². The number of hydrogen-bond acceptors (Lipinski definition) is 8. The van der Waals surface area contributed by atoms with Crippen LogP contribution in [0.5, 0.6) is 46.0 Å². The van der Waals surface area contributed by atoms with Gasteiger partial charge in [0, 0.05) is 0 Å². The molecule has 0 atom stereocenters. The molecule has 9 aromatic rings. The summed E-state index contributed by atoms with van der Waals surface area (Å²) in [5.41, 5.74) is 9.66. The smallest absolute Gasteiger partial charge is 0.200 e. The molecular formula is C49H26N2O6. The molecule has 0 saturated heterocycles. The summed E-state index contributed by atoms with van der Waals surface area (Å²) < 4.78 is 32.4. The van der Waals surface area contributed by atoms with Gasteiger partial charge in [0.15, 0.2) is 46.0 Å². The Morgan fingerprint density at radius 2 is 0.667 bits per heavy atom. The van der Waals surface area contributed by atoms with Crippen LogP contribution in [0.25, 0.3) is 44.2 Å². The average Bonchev–Trinajstić information content (AvgIpc) is 3.25. The standard InChI is InChI=1S/C49H26N2O6/c52-49-31-21-27(29-23-43-47-44(24-29)55-40-14-6-2-10-34(40)50(47)33-9-1-5-13-39(33)54-43)17-19-37(31)53-38-20-18-28(22-32(38)49)30-25-45-48-46(26-30)57-42-16-8-4-12-36(42)51(48)35-11-3-7-15-41(35)56-45/h1-26H. The van der Waals surface area contributed by atoms with Gasteiger partial charge in [-0.15, -0.1) is 0 Å². The zero-order valence-electron chi connectivity index (χ0n) is 29.9. The third-order valence-electron chi connectivity index (χ3n) is 11.2. The molecule has 0 N–H and O–H groups in total. The van der Waals surface area contributed by atoms with Gasteiger partial charge < -0.3 is 23.4 Å². The molecular weight excluding hydrogens is 713 g/mol. The van der Waals surface area contributed by atoms with Crippen molar-refractivity contribution >= 4 is 56.1 Å². The average molecular weight is 739 g/mol. The highest BCUT2D eigenvalue weighted by Crippen LogP contribution is 2.62. The summed E-state index contributed by atoms with van der Waals surface area (Å²) in [4.78, 5) is 18.8. The lowest BCUT2D eigenvalue weighted by Gasteiger charge is -2.38. The van der Waals surface area contributed by atoms with Crippen molar-refractivity contribution in [2.24, 2.45) is 0 Å². The van der Waals surface area contributed by atoms with E-state index in [2.05, 4.69) is 9.80 Å². The monoisotopic (exact) mass is 738 g/mol. The quantitative estimate of drug-likeness (QED) is 0.162. The first kappa shape index (κ1) is 30.4. The van der Waals surface area contributed by atoms with Crippen LogP contribution in [-0.4, -0.2) is 0 Å². The van der Waals surface area contributed by atoms with Gasteiger partial charge in [0.25, 0.3) is 0 Å². The minimum atomic E-state index is -0.128. The van der Waals surface area contributed by atoms with E-state index < -0.39 is 0 Å². The van der Waals surface area contributed by atoms with Gasteiger partial charge in [-0.25, -0.2) is 0 Å². The van der Waals surface area contributed by atoms with Crippen LogP contribution in [0.3, 0.4) is 0 Å². The fraction of sp³-hybridized carbons (Fsp3) is 0. The molecule has 0 amide bonds. The van der Waals surface area contributed by atoms with E-state index in [1.807, 2.05) is 158 Å². The topological polar surface area (TPSA) is 73.6 Å². The van der Waals surface area contributed by atoms with Crippen molar-refractivity contribution in [3.05, 3.63) is 168 Å². The molecule has 0 unspecified atom stereocenters. The molecule has 13 rings (SSSR count). The lowest BCUT2D eigenvalue weighted by atomic mass is 9.98. The van der Waals surface area contributed by atoms with Crippen LogP contribution in [0.15, 0.2) is 167 Å². The summed E-state index contributed by atoms with van der Waals surface area (Å²) in [6, 6.07) is 51.4. The molecule has 8 heteroatoms. The fourth-order valence-corrected chi connectivity index (χ4v) is 8.59. The Kier molecular flexibility index (Phi) is 5.89. The fourth-order valence-electron chi connectivity index (χ4n) is 8.59. The summed E-state index contributed by atoms with van der Waals surface area (Å²) in [5.74, 6) is 5.66. The van der Waals surface area contributed by atoms with E-state index in [0.29, 0.717) is 44.9 Å². The van der Waals surface area contributed by atoms with E-state index >= 15 is 0 Å². The van der Waals surface area contributed by atoms with Crippen LogP contribution >= 0.6 is 0 Å². The van der Waals surface area contributed by atoms with E-state index in [0.717, 1.165) is 79.4 Å². The zero-order valence-corrected chi connectivity index (χ0v) is 29.9. The predicted octanol–water partition coefficient (Wildman–Crippen LogP) is 13.6. The van der Waals surface area contributed by atoms with Crippen molar-refractivity contribution in [3.63, 3.8) is 0 Å². The number of rotatable bonds is 2. The third kappa shape index (κ3) is 4.29. The molecule has 0 saturated carbocycles. The van der Waals surface area contributed by atoms with Gasteiger partial charge in [-0.05, 0) is 119 Å². The second-order valence-electron chi connectivity index (χ2n) is 14.4. The molecule has 0 bridgehead atoms. The van der Waals surface area contributed by atoms with Crippen molar-refractivity contribution in [2.45, 2.75) is 0 Å². The Morgan fingerprint density at radius 1 is 0.333 bits per heavy atom. The molecule has 0 radical (unpaired) electrons. The van der Waals surface area contributed by atoms with Crippen molar-refractivity contribution in [3.8, 4) is 68.2 Å². The lowest BCUT2D eigenvalue weighted by molar-refractivity contribution is 0.446. The largest absolute Gasteiger partial charge is 0.456 e. The van der Waals surface area contributed by atoms with Gasteiger partial charge in [0.1, 0.15) is 22.5 Å². The Hall–Kier alpha value is -7.97. The minimum absolute atomic E-state index is 0.128. The van der Waals surface area contributed by atoms with Crippen molar-refractivity contribution in [1.82, 2.24) is 0 Å². The number of para-hydroxylation sites is 8. The molecule has 268 valence electrons. The summed E-state index contributed by atoms with van der Waals surface area (Å²) >= 11 is 0. The Bertz CT molecular complexity index is 2960. The zero-order chi connectivity index (χ0) is 37.4. The van der Waals surface area contributed by atoms with Crippen LogP contribution in [0, 0.1) is 0 Å². The Balaban J connectivity index is 0.928. The van der Waals surface area contributed by atoms with Gasteiger partial charge in [-0.3, -0.25) is 14.6 Å². The van der Waals surface area contributed by atoms with Crippen LogP contribution in [0.1, 0.15) is 0 Å². The van der Waals surface area contributed by atoms with Crippen LogP contribution in [0.2, 0.25) is 0 Å². The number of hydrogen-bond donors (Lipinski definition) is 0. The third-order valence-corrected chi connectivity index (χ3v) is 11.2. The second kappa shape index (κ2) is 11.1. The first-order valence-corrected chi connectivity index (χ1v) is 18.7. The number of fused-ring (bicyclic) bond motifs is 10. The summed E-state index contributed by atoms with van der Waals surface area (Å²) in [7, 11) is 0. The lowest BCUT2D eigenvalue weighted by Crippen LogP contribution is -2.20. The van der Waals surface area contributed by atoms with Gasteiger partial charge in [-0.1, -0.05) is 60.7 Å². The van der Waals surface area contributed by atoms with Gasteiger partial charge in [0.2, 0.25) is 5.43 Å². The van der Waals surface area contributed by atoms with Crippen molar-refractivity contribution < 1.29 is 23.4 Å². The number of anilines is 6. The van der Waals surface area contributed by atoms with Gasteiger partial charge >= 0.3 is 0 Å². The molecule has 1 aromatic heterocycles. The summed E-state index contributed by atoms with van der Waals surface area (Å²) in [5, 5.41) is 0.942. The Labute approximate surface area is 324 Å². The van der Waals surface area contributed by atoms with E-state index in [1.165, 1.54) is 0 Å². The maximum absolute atomic E-state index is 14.4. The predicted molar refractivity (Wildman–Crippen MR) is 221 cm³/mol. The minimum Gasteiger partial charge on any atom is -0.456 e. The highest BCUT2D eigenvalue weighted by molar-refractivity contribution is 5.99. The molecule has 0 spiro atoms. The van der Waals surface area contributed by atoms with Crippen molar-refractivity contribution in [1.29, 1.82) is 0 Å². The molecule has 4 aliphatic heterocycles. The number of benzene rings is 8. The second-order valence-corrected chi connectivity index (χ2v) is 14.4. The molecule has 0 fully saturated rings. The summed E-state index contributed by atoms with van der Waals surface area (Å²) in [6.45, 7) is 0. The van der Waals surface area contributed by atoms with Gasteiger partial charge in [-0.2, -0.15) is 0 Å². The van der Waals surface area contributed by atoms with E-state index in [-0.39, 0.29) is 5.43 Å². The molecule has 8 aromatic carbocycles. The van der Waals surface area contributed by atoms with E-state index in [9.17, 15) is 4.79 Å². The molecule has 57 heavy (non-hydrogen) atoms. The highest BCUT2D eigenvalue weighted by Gasteiger charge is 2.36.